The fourth-order valence-electron chi connectivity index (χ4n) is 4.57. The number of aromatic nitrogens is 6. The molecule has 158 valence electrons. The van der Waals surface area contributed by atoms with Crippen LogP contribution in [0.3, 0.4) is 0 Å². The second-order valence-corrected chi connectivity index (χ2v) is 8.39. The molecule has 3 N–H and O–H groups in total. The van der Waals surface area contributed by atoms with Crippen LogP contribution in [0.25, 0.3) is 55.7 Å². The summed E-state index contributed by atoms with van der Waals surface area (Å²) in [5, 5.41) is 12.3. The summed E-state index contributed by atoms with van der Waals surface area (Å²) in [5.74, 6) is 0.719. The van der Waals surface area contributed by atoms with Crippen LogP contribution < -0.4 is 5.32 Å². The van der Waals surface area contributed by atoms with Gasteiger partial charge in [0.1, 0.15) is 5.69 Å². The minimum Gasteiger partial charge on any atom is -0.335 e. The van der Waals surface area contributed by atoms with Crippen molar-refractivity contribution in [3.63, 3.8) is 0 Å². The number of aromatic amines is 2. The molecule has 7 heteroatoms. The van der Waals surface area contributed by atoms with Gasteiger partial charge in [-0.2, -0.15) is 5.10 Å². The summed E-state index contributed by atoms with van der Waals surface area (Å²) in [5.41, 5.74) is 10.1. The van der Waals surface area contributed by atoms with E-state index in [9.17, 15) is 0 Å². The van der Waals surface area contributed by atoms with Crippen LogP contribution in [0.15, 0.2) is 73.3 Å². The third-order valence-corrected chi connectivity index (χ3v) is 6.21. The van der Waals surface area contributed by atoms with Gasteiger partial charge >= 0.3 is 0 Å². The molecule has 7 nitrogen and oxygen atoms in total. The molecule has 0 fully saturated rings. The average molecular weight is 429 g/mol. The Morgan fingerprint density at radius 2 is 1.64 bits per heavy atom. The topological polar surface area (TPSA) is 95.2 Å². The van der Waals surface area contributed by atoms with E-state index < -0.39 is 0 Å². The number of imidazole rings is 1. The summed E-state index contributed by atoms with van der Waals surface area (Å²) in [6.45, 7) is 1.50. The lowest BCUT2D eigenvalue weighted by molar-refractivity contribution is 0.692. The highest BCUT2D eigenvalue weighted by atomic mass is 15.1. The summed E-state index contributed by atoms with van der Waals surface area (Å²) in [4.78, 5) is 17.3. The number of benzene rings is 2. The molecule has 0 saturated carbocycles. The van der Waals surface area contributed by atoms with E-state index in [4.69, 9.17) is 4.98 Å². The lowest BCUT2D eigenvalue weighted by atomic mass is 10.0. The molecule has 0 atom stereocenters. The first-order valence-corrected chi connectivity index (χ1v) is 10.9. The quantitative estimate of drug-likeness (QED) is 0.321. The van der Waals surface area contributed by atoms with E-state index in [0.717, 1.165) is 74.4 Å². The van der Waals surface area contributed by atoms with Crippen molar-refractivity contribution in [1.82, 2.24) is 35.5 Å². The number of hydrogen-bond donors (Lipinski definition) is 3. The van der Waals surface area contributed by atoms with Gasteiger partial charge in [-0.25, -0.2) is 4.98 Å². The zero-order chi connectivity index (χ0) is 21.8. The van der Waals surface area contributed by atoms with E-state index in [1.807, 2.05) is 24.8 Å². The van der Waals surface area contributed by atoms with E-state index in [1.54, 1.807) is 0 Å². The van der Waals surface area contributed by atoms with Crippen molar-refractivity contribution in [3.8, 4) is 33.8 Å². The Labute approximate surface area is 189 Å². The molecule has 5 heterocycles. The summed E-state index contributed by atoms with van der Waals surface area (Å²) in [7, 11) is 0. The molecular formula is C26H19N7. The number of nitrogens with one attached hydrogen (secondary N) is 3. The predicted molar refractivity (Wildman–Crippen MR) is 128 cm³/mol. The minimum absolute atomic E-state index is 0.719. The number of hydrogen-bond acceptors (Lipinski definition) is 5. The van der Waals surface area contributed by atoms with Crippen LogP contribution in [0.2, 0.25) is 0 Å². The van der Waals surface area contributed by atoms with E-state index in [2.05, 4.69) is 79.0 Å². The smallest absolute Gasteiger partial charge is 0.159 e. The first-order chi connectivity index (χ1) is 16.3. The predicted octanol–water partition coefficient (Wildman–Crippen LogP) is 4.83. The van der Waals surface area contributed by atoms with Gasteiger partial charge in [0.15, 0.2) is 5.82 Å². The summed E-state index contributed by atoms with van der Waals surface area (Å²) >= 11 is 0. The third-order valence-electron chi connectivity index (χ3n) is 6.21. The molecule has 6 aromatic rings. The highest BCUT2D eigenvalue weighted by molar-refractivity contribution is 5.98. The fourth-order valence-corrected chi connectivity index (χ4v) is 4.57. The molecule has 2 aromatic carbocycles. The third kappa shape index (κ3) is 3.01. The number of H-pyrrole nitrogens is 2. The molecule has 7 rings (SSSR count). The molecular weight excluding hydrogens is 410 g/mol. The van der Waals surface area contributed by atoms with Crippen molar-refractivity contribution in [2.45, 2.75) is 13.1 Å². The Kier molecular flexibility index (Phi) is 3.91. The lowest BCUT2D eigenvalue weighted by Gasteiger charge is -2.09. The van der Waals surface area contributed by atoms with Crippen molar-refractivity contribution in [2.24, 2.45) is 0 Å². The maximum Gasteiger partial charge on any atom is 0.159 e. The highest BCUT2D eigenvalue weighted by Gasteiger charge is 2.16. The second kappa shape index (κ2) is 7.08. The van der Waals surface area contributed by atoms with Gasteiger partial charge in [-0.3, -0.25) is 15.1 Å². The Balaban J connectivity index is 1.51. The highest BCUT2D eigenvalue weighted by Crippen LogP contribution is 2.33. The lowest BCUT2D eigenvalue weighted by Crippen LogP contribution is -2.13. The summed E-state index contributed by atoms with van der Waals surface area (Å²) < 4.78 is 0. The fraction of sp³-hybridized carbons (Fsp3) is 0.0769. The molecule has 33 heavy (non-hydrogen) atoms. The Morgan fingerprint density at radius 3 is 2.64 bits per heavy atom. The minimum atomic E-state index is 0.719. The van der Waals surface area contributed by atoms with E-state index >= 15 is 0 Å². The summed E-state index contributed by atoms with van der Waals surface area (Å²) in [6, 6.07) is 17.0. The maximum absolute atomic E-state index is 4.96. The number of nitrogens with zero attached hydrogens (tertiary/aromatic N) is 4. The van der Waals surface area contributed by atoms with Gasteiger partial charge in [0.05, 0.1) is 22.7 Å². The monoisotopic (exact) mass is 429 g/mol. The van der Waals surface area contributed by atoms with Gasteiger partial charge in [-0.15, -0.1) is 0 Å². The van der Waals surface area contributed by atoms with Crippen molar-refractivity contribution in [1.29, 1.82) is 0 Å². The van der Waals surface area contributed by atoms with Gasteiger partial charge in [-0.1, -0.05) is 24.3 Å². The van der Waals surface area contributed by atoms with Gasteiger partial charge in [-0.05, 0) is 46.5 Å². The molecule has 0 radical (unpaired) electrons. The number of fused-ring (bicyclic) bond motifs is 9. The standard InChI is InChI=1S/C26H19N7/c1-2-15-6-18(3-1)21-13-29-14-23-24(21)31-26(30-23)25-20-8-17(4-5-22(20)32-33-25)19-7-16(10-27-9-15)11-28-12-19/h1-8,11-14,27H,9-10H2,(H,30,31)(H,32,33). The van der Waals surface area contributed by atoms with Crippen LogP contribution in [0, 0.1) is 0 Å². The van der Waals surface area contributed by atoms with Crippen molar-refractivity contribution >= 4 is 21.9 Å². The van der Waals surface area contributed by atoms with Gasteiger partial charge in [0.25, 0.3) is 0 Å². The van der Waals surface area contributed by atoms with E-state index in [0.29, 0.717) is 0 Å². The first-order valence-electron chi connectivity index (χ1n) is 10.9. The Morgan fingerprint density at radius 1 is 0.727 bits per heavy atom. The largest absolute Gasteiger partial charge is 0.335 e. The molecule has 8 bridgehead atoms. The number of pyridine rings is 2. The molecule has 1 aliphatic rings. The van der Waals surface area contributed by atoms with Crippen molar-refractivity contribution in [2.75, 3.05) is 0 Å². The molecule has 0 unspecified atom stereocenters. The number of rotatable bonds is 0. The van der Waals surface area contributed by atoms with Crippen LogP contribution in [0.5, 0.6) is 0 Å². The maximum atomic E-state index is 4.96. The zero-order valence-corrected chi connectivity index (χ0v) is 17.6. The summed E-state index contributed by atoms with van der Waals surface area (Å²) in [6.07, 6.45) is 7.52. The normalized spacial score (nSPS) is 13.1. The zero-order valence-electron chi connectivity index (χ0n) is 17.6. The second-order valence-electron chi connectivity index (χ2n) is 8.39. The van der Waals surface area contributed by atoms with Crippen LogP contribution in [0.1, 0.15) is 11.1 Å². The average Bonchev–Trinajstić information content (AvgIpc) is 3.47. The van der Waals surface area contributed by atoms with Crippen LogP contribution >= 0.6 is 0 Å². The molecule has 1 aliphatic heterocycles. The Hall–Kier alpha value is -4.36. The van der Waals surface area contributed by atoms with Crippen molar-refractivity contribution < 1.29 is 0 Å². The van der Waals surface area contributed by atoms with E-state index in [-0.39, 0.29) is 0 Å². The SMILES string of the molecule is c1cc2cc(c1)-c1cncc3[nH]c(nc13)-c1n[nH]c3ccc(cc13)-c1cncc(c1)CNC2. The first kappa shape index (κ1) is 18.2. The van der Waals surface area contributed by atoms with Crippen LogP contribution in [-0.4, -0.2) is 30.1 Å². The van der Waals surface area contributed by atoms with Gasteiger partial charge < -0.3 is 10.3 Å². The molecule has 0 spiro atoms. The molecule has 0 aliphatic carbocycles. The van der Waals surface area contributed by atoms with Crippen LogP contribution in [0.4, 0.5) is 0 Å². The van der Waals surface area contributed by atoms with Gasteiger partial charge in [0.2, 0.25) is 0 Å². The van der Waals surface area contributed by atoms with Gasteiger partial charge in [0, 0.05) is 48.2 Å². The van der Waals surface area contributed by atoms with Crippen LogP contribution in [-0.2, 0) is 13.1 Å². The van der Waals surface area contributed by atoms with Crippen molar-refractivity contribution in [3.05, 3.63) is 84.4 Å². The van der Waals surface area contributed by atoms with E-state index in [1.165, 1.54) is 5.56 Å². The molecule has 4 aromatic heterocycles. The Bertz CT molecular complexity index is 1660. The molecule has 0 amide bonds. The molecule has 0 saturated heterocycles.